The number of ether oxygens (including phenoxy) is 1. The molecule has 25 heavy (non-hydrogen) atoms. The van der Waals surface area contributed by atoms with E-state index >= 15 is 0 Å². The monoisotopic (exact) mass is 462 g/mol. The minimum absolute atomic E-state index is 0.0464. The van der Waals surface area contributed by atoms with Crippen molar-refractivity contribution in [2.75, 3.05) is 13.7 Å². The number of nitrogens with zero attached hydrogens (tertiary/aromatic N) is 2. The number of benzene rings is 2. The summed E-state index contributed by atoms with van der Waals surface area (Å²) in [6, 6.07) is 15.6. The van der Waals surface area contributed by atoms with Crippen LogP contribution in [-0.2, 0) is 11.3 Å². The molecule has 0 bridgehead atoms. The van der Waals surface area contributed by atoms with Gasteiger partial charge in [-0.05, 0) is 33.6 Å². The van der Waals surface area contributed by atoms with Gasteiger partial charge in [0.1, 0.15) is 5.52 Å². The lowest BCUT2D eigenvalue weighted by Crippen LogP contribution is -2.31. The van der Waals surface area contributed by atoms with Crippen LogP contribution < -0.4 is 4.74 Å². The number of aromatic nitrogens is 1. The number of hydrogen-bond acceptors (Lipinski definition) is 3. The number of rotatable bonds is 5. The Balaban J connectivity index is 1.73. The molecule has 0 aliphatic carbocycles. The number of pyridine rings is 1. The second kappa shape index (κ2) is 7.97. The Morgan fingerprint density at radius 3 is 2.64 bits per heavy atom. The summed E-state index contributed by atoms with van der Waals surface area (Å²) in [7, 11) is 1.77. The molecule has 1 heterocycles. The molecule has 6 heteroatoms. The zero-order chi connectivity index (χ0) is 17.8. The summed E-state index contributed by atoms with van der Waals surface area (Å²) in [5.41, 5.74) is 1.79. The molecular formula is C19H16Br2N2O2. The fourth-order valence-corrected chi connectivity index (χ4v) is 3.86. The number of carbonyl (C=O) groups excluding carboxylic acids is 1. The third-order valence-corrected chi connectivity index (χ3v) is 5.02. The average molecular weight is 464 g/mol. The zero-order valence-corrected chi connectivity index (χ0v) is 16.7. The molecular weight excluding hydrogens is 448 g/mol. The maximum Gasteiger partial charge on any atom is 0.260 e. The first-order valence-electron chi connectivity index (χ1n) is 7.69. The number of hydrogen-bond donors (Lipinski definition) is 0. The lowest BCUT2D eigenvalue weighted by Gasteiger charge is -2.18. The maximum absolute atomic E-state index is 12.4. The first-order chi connectivity index (χ1) is 12.1. The van der Waals surface area contributed by atoms with Crippen molar-refractivity contribution in [3.05, 3.63) is 69.2 Å². The Bertz CT molecular complexity index is 901. The Morgan fingerprint density at radius 1 is 1.12 bits per heavy atom. The van der Waals surface area contributed by atoms with E-state index < -0.39 is 0 Å². The Kier molecular flexibility index (Phi) is 5.71. The highest BCUT2D eigenvalue weighted by atomic mass is 79.9. The molecule has 0 spiro atoms. The third kappa shape index (κ3) is 4.19. The summed E-state index contributed by atoms with van der Waals surface area (Å²) in [5, 5.41) is 0.936. The summed E-state index contributed by atoms with van der Waals surface area (Å²) in [5.74, 6) is 0.475. The highest BCUT2D eigenvalue weighted by Crippen LogP contribution is 2.37. The zero-order valence-electron chi connectivity index (χ0n) is 13.6. The Labute approximate surface area is 163 Å². The average Bonchev–Trinajstić information content (AvgIpc) is 2.62. The van der Waals surface area contributed by atoms with E-state index in [1.54, 1.807) is 18.1 Å². The van der Waals surface area contributed by atoms with Gasteiger partial charge in [-0.1, -0.05) is 52.3 Å². The van der Waals surface area contributed by atoms with Gasteiger partial charge >= 0.3 is 0 Å². The predicted molar refractivity (Wildman–Crippen MR) is 106 cm³/mol. The fourth-order valence-electron chi connectivity index (χ4n) is 2.47. The smallest absolute Gasteiger partial charge is 0.260 e. The van der Waals surface area contributed by atoms with E-state index in [4.69, 9.17) is 4.74 Å². The summed E-state index contributed by atoms with van der Waals surface area (Å²) in [4.78, 5) is 18.4. The first kappa shape index (κ1) is 17.9. The largest absolute Gasteiger partial charge is 0.480 e. The SMILES string of the molecule is CN(Cc1ccccc1)C(=O)COc1c(Br)cc(Br)c2cccnc12. The van der Waals surface area contributed by atoms with Crippen molar-refractivity contribution in [1.29, 1.82) is 0 Å². The second-order valence-electron chi connectivity index (χ2n) is 5.59. The summed E-state index contributed by atoms with van der Waals surface area (Å²) < 4.78 is 7.48. The number of fused-ring (bicyclic) bond motifs is 1. The molecule has 0 saturated heterocycles. The van der Waals surface area contributed by atoms with Gasteiger partial charge in [0, 0.05) is 29.6 Å². The lowest BCUT2D eigenvalue weighted by atomic mass is 10.2. The van der Waals surface area contributed by atoms with Gasteiger partial charge in [-0.15, -0.1) is 0 Å². The molecule has 128 valence electrons. The minimum Gasteiger partial charge on any atom is -0.480 e. The van der Waals surface area contributed by atoms with Crippen LogP contribution in [0.5, 0.6) is 5.75 Å². The quantitative estimate of drug-likeness (QED) is 0.545. The van der Waals surface area contributed by atoms with E-state index in [-0.39, 0.29) is 12.5 Å². The van der Waals surface area contributed by atoms with Crippen LogP contribution in [0, 0.1) is 0 Å². The molecule has 1 aromatic heterocycles. The van der Waals surface area contributed by atoms with E-state index in [1.807, 2.05) is 48.5 Å². The van der Waals surface area contributed by atoms with Crippen LogP contribution >= 0.6 is 31.9 Å². The standard InChI is InChI=1S/C19H16Br2N2O2/c1-23(11-13-6-3-2-4-7-13)17(24)12-25-19-16(21)10-15(20)14-8-5-9-22-18(14)19/h2-10H,11-12H2,1H3. The van der Waals surface area contributed by atoms with E-state index in [1.165, 1.54) is 0 Å². The highest BCUT2D eigenvalue weighted by Gasteiger charge is 2.15. The van der Waals surface area contributed by atoms with Crippen molar-refractivity contribution in [3.63, 3.8) is 0 Å². The topological polar surface area (TPSA) is 42.4 Å². The lowest BCUT2D eigenvalue weighted by molar-refractivity contribution is -0.132. The van der Waals surface area contributed by atoms with E-state index in [9.17, 15) is 4.79 Å². The molecule has 0 aliphatic rings. The summed E-state index contributed by atoms with van der Waals surface area (Å²) in [6.45, 7) is 0.499. The van der Waals surface area contributed by atoms with E-state index in [0.717, 1.165) is 19.9 Å². The second-order valence-corrected chi connectivity index (χ2v) is 7.30. The van der Waals surface area contributed by atoms with Gasteiger partial charge in [-0.3, -0.25) is 9.78 Å². The third-order valence-electron chi connectivity index (χ3n) is 3.78. The van der Waals surface area contributed by atoms with Crippen molar-refractivity contribution in [2.45, 2.75) is 6.54 Å². The molecule has 1 amide bonds. The molecule has 2 aromatic carbocycles. The molecule has 3 aromatic rings. The van der Waals surface area contributed by atoms with Crippen molar-refractivity contribution in [1.82, 2.24) is 9.88 Å². The van der Waals surface area contributed by atoms with Crippen molar-refractivity contribution < 1.29 is 9.53 Å². The molecule has 0 fully saturated rings. The van der Waals surface area contributed by atoms with Crippen LogP contribution in [0.3, 0.4) is 0 Å². The van der Waals surface area contributed by atoms with Gasteiger partial charge in [-0.2, -0.15) is 0 Å². The number of amides is 1. The van der Waals surface area contributed by atoms with Crippen LogP contribution in [0.2, 0.25) is 0 Å². The van der Waals surface area contributed by atoms with Crippen molar-refractivity contribution >= 4 is 48.7 Å². The molecule has 0 unspecified atom stereocenters. The molecule has 0 aliphatic heterocycles. The van der Waals surface area contributed by atoms with Gasteiger partial charge in [0.2, 0.25) is 0 Å². The molecule has 4 nitrogen and oxygen atoms in total. The van der Waals surface area contributed by atoms with Gasteiger partial charge in [0.25, 0.3) is 5.91 Å². The van der Waals surface area contributed by atoms with Gasteiger partial charge < -0.3 is 9.64 Å². The van der Waals surface area contributed by atoms with Crippen LogP contribution in [0.1, 0.15) is 5.56 Å². The number of halogens is 2. The summed E-state index contributed by atoms with van der Waals surface area (Å²) >= 11 is 7.01. The van der Waals surface area contributed by atoms with Crippen molar-refractivity contribution in [3.8, 4) is 5.75 Å². The molecule has 0 radical (unpaired) electrons. The van der Waals surface area contributed by atoms with Crippen LogP contribution in [0.15, 0.2) is 63.7 Å². The first-order valence-corrected chi connectivity index (χ1v) is 9.28. The highest BCUT2D eigenvalue weighted by molar-refractivity contribution is 9.11. The van der Waals surface area contributed by atoms with E-state index in [0.29, 0.717) is 17.8 Å². The molecule has 0 atom stereocenters. The molecule has 0 saturated carbocycles. The van der Waals surface area contributed by atoms with E-state index in [2.05, 4.69) is 36.8 Å². The predicted octanol–water partition coefficient (Wildman–Crippen LogP) is 4.80. The van der Waals surface area contributed by atoms with Gasteiger partial charge in [0.05, 0.1) is 4.47 Å². The Morgan fingerprint density at radius 2 is 1.88 bits per heavy atom. The number of likely N-dealkylation sites (N-methyl/N-ethyl adjacent to an activating group) is 1. The maximum atomic E-state index is 12.4. The molecule has 0 N–H and O–H groups in total. The van der Waals surface area contributed by atoms with Crippen molar-refractivity contribution in [2.24, 2.45) is 0 Å². The normalized spacial score (nSPS) is 10.7. The summed E-state index contributed by atoms with van der Waals surface area (Å²) in [6.07, 6.45) is 1.71. The van der Waals surface area contributed by atoms with Gasteiger partial charge in [-0.25, -0.2) is 0 Å². The minimum atomic E-state index is -0.0947. The van der Waals surface area contributed by atoms with Gasteiger partial charge in [0.15, 0.2) is 12.4 Å². The van der Waals surface area contributed by atoms with Crippen LogP contribution in [-0.4, -0.2) is 29.4 Å². The number of carbonyl (C=O) groups is 1. The van der Waals surface area contributed by atoms with Crippen LogP contribution in [0.4, 0.5) is 0 Å². The fraction of sp³-hybridized carbons (Fsp3) is 0.158. The van der Waals surface area contributed by atoms with Crippen LogP contribution in [0.25, 0.3) is 10.9 Å². The molecule has 3 rings (SSSR count). The Hall–Kier alpha value is -1.92.